The Balaban J connectivity index is 1.38. The first-order valence-corrected chi connectivity index (χ1v) is 12.0. The highest BCUT2D eigenvalue weighted by Gasteiger charge is 2.27. The molecule has 2 amide bonds. The van der Waals surface area contributed by atoms with Crippen LogP contribution in [0.3, 0.4) is 0 Å². The van der Waals surface area contributed by atoms with Gasteiger partial charge in [-0.3, -0.25) is 19.2 Å². The Morgan fingerprint density at radius 1 is 1.03 bits per heavy atom. The summed E-state index contributed by atoms with van der Waals surface area (Å²) in [6, 6.07) is 11.8. The third-order valence-electron chi connectivity index (χ3n) is 4.99. The van der Waals surface area contributed by atoms with Gasteiger partial charge in [0.05, 0.1) is 5.75 Å². The SMILES string of the molecule is Cc1nc(Oc2ccc(NS(=O)(=O)CCN3C(=O)CCCC3=O)cc2)cc(-n2cccc2)n1. The van der Waals surface area contributed by atoms with Gasteiger partial charge in [-0.15, -0.1) is 0 Å². The average Bonchev–Trinajstić information content (AvgIpc) is 3.29. The zero-order valence-corrected chi connectivity index (χ0v) is 18.8. The van der Waals surface area contributed by atoms with E-state index >= 15 is 0 Å². The van der Waals surface area contributed by atoms with Gasteiger partial charge in [0.15, 0.2) is 0 Å². The molecule has 3 heterocycles. The van der Waals surface area contributed by atoms with Crippen molar-refractivity contribution in [2.24, 2.45) is 0 Å². The summed E-state index contributed by atoms with van der Waals surface area (Å²) >= 11 is 0. The van der Waals surface area contributed by atoms with Gasteiger partial charge in [0, 0.05) is 43.5 Å². The van der Waals surface area contributed by atoms with Crippen molar-refractivity contribution in [3.05, 3.63) is 60.7 Å². The van der Waals surface area contributed by atoms with Crippen LogP contribution in [0.1, 0.15) is 25.1 Å². The molecule has 1 fully saturated rings. The predicted molar refractivity (Wildman–Crippen MR) is 121 cm³/mol. The molecule has 1 aromatic carbocycles. The smallest absolute Gasteiger partial charge is 0.234 e. The van der Waals surface area contributed by atoms with E-state index < -0.39 is 10.0 Å². The summed E-state index contributed by atoms with van der Waals surface area (Å²) in [5.41, 5.74) is 0.338. The second kappa shape index (κ2) is 9.41. The van der Waals surface area contributed by atoms with Crippen molar-refractivity contribution in [1.82, 2.24) is 19.4 Å². The van der Waals surface area contributed by atoms with Crippen LogP contribution < -0.4 is 9.46 Å². The van der Waals surface area contributed by atoms with Crippen molar-refractivity contribution < 1.29 is 22.7 Å². The molecular weight excluding hydrogens is 446 g/mol. The van der Waals surface area contributed by atoms with Gasteiger partial charge in [0.1, 0.15) is 17.4 Å². The number of hydrogen-bond donors (Lipinski definition) is 1. The number of amides is 2. The molecule has 10 nitrogen and oxygen atoms in total. The molecule has 0 unspecified atom stereocenters. The Morgan fingerprint density at radius 2 is 1.70 bits per heavy atom. The number of aryl methyl sites for hydroxylation is 1. The maximum Gasteiger partial charge on any atom is 0.234 e. The molecule has 1 aliphatic heterocycles. The van der Waals surface area contributed by atoms with E-state index in [2.05, 4.69) is 14.7 Å². The Hall–Kier alpha value is -3.73. The highest BCUT2D eigenvalue weighted by Crippen LogP contribution is 2.23. The van der Waals surface area contributed by atoms with Crippen molar-refractivity contribution in [3.63, 3.8) is 0 Å². The zero-order valence-electron chi connectivity index (χ0n) is 18.0. The van der Waals surface area contributed by atoms with Crippen molar-refractivity contribution in [2.45, 2.75) is 26.2 Å². The minimum Gasteiger partial charge on any atom is -0.439 e. The second-order valence-electron chi connectivity index (χ2n) is 7.54. The van der Waals surface area contributed by atoms with Crippen LogP contribution in [0.15, 0.2) is 54.9 Å². The third kappa shape index (κ3) is 5.75. The fraction of sp³-hybridized carbons (Fsp3) is 0.273. The van der Waals surface area contributed by atoms with Gasteiger partial charge in [-0.1, -0.05) is 0 Å². The quantitative estimate of drug-likeness (QED) is 0.503. The first-order valence-electron chi connectivity index (χ1n) is 10.4. The van der Waals surface area contributed by atoms with Gasteiger partial charge in [-0.2, -0.15) is 4.98 Å². The number of sulfonamides is 1. The van der Waals surface area contributed by atoms with E-state index in [4.69, 9.17) is 4.74 Å². The lowest BCUT2D eigenvalue weighted by Gasteiger charge is -2.24. The molecule has 0 saturated carbocycles. The number of benzene rings is 1. The van der Waals surface area contributed by atoms with Crippen molar-refractivity contribution in [3.8, 4) is 17.4 Å². The molecule has 3 aromatic rings. The van der Waals surface area contributed by atoms with Gasteiger partial charge in [-0.25, -0.2) is 13.4 Å². The first kappa shape index (κ1) is 22.5. The molecule has 172 valence electrons. The largest absolute Gasteiger partial charge is 0.439 e. The molecule has 11 heteroatoms. The summed E-state index contributed by atoms with van der Waals surface area (Å²) in [7, 11) is -3.75. The van der Waals surface area contributed by atoms with Crippen LogP contribution in [0, 0.1) is 6.92 Å². The molecule has 1 aliphatic rings. The zero-order chi connectivity index (χ0) is 23.4. The number of nitrogens with zero attached hydrogens (tertiary/aromatic N) is 4. The third-order valence-corrected chi connectivity index (χ3v) is 6.25. The van der Waals surface area contributed by atoms with Crippen LogP contribution in [0.25, 0.3) is 5.82 Å². The maximum absolute atomic E-state index is 12.4. The summed E-state index contributed by atoms with van der Waals surface area (Å²) in [5.74, 6) is 1.01. The Labute approximate surface area is 191 Å². The highest BCUT2D eigenvalue weighted by atomic mass is 32.2. The van der Waals surface area contributed by atoms with Crippen LogP contribution >= 0.6 is 0 Å². The number of likely N-dealkylation sites (tertiary alicyclic amines) is 1. The monoisotopic (exact) mass is 469 g/mol. The summed E-state index contributed by atoms with van der Waals surface area (Å²) in [5, 5.41) is 0. The summed E-state index contributed by atoms with van der Waals surface area (Å²) in [4.78, 5) is 33.4. The number of imide groups is 1. The van der Waals surface area contributed by atoms with E-state index in [9.17, 15) is 18.0 Å². The number of carbonyl (C=O) groups is 2. The molecule has 0 aliphatic carbocycles. The summed E-state index contributed by atoms with van der Waals surface area (Å²) < 4.78 is 34.9. The molecule has 0 spiro atoms. The van der Waals surface area contributed by atoms with Crippen molar-refractivity contribution >= 4 is 27.5 Å². The number of nitrogens with one attached hydrogen (secondary N) is 1. The molecule has 1 saturated heterocycles. The van der Waals surface area contributed by atoms with Crippen LogP contribution in [-0.2, 0) is 19.6 Å². The Kier molecular flexibility index (Phi) is 6.40. The molecule has 0 bridgehead atoms. The lowest BCUT2D eigenvalue weighted by molar-refractivity contribution is -0.147. The molecular formula is C22H23N5O5S. The lowest BCUT2D eigenvalue weighted by Crippen LogP contribution is -2.43. The number of anilines is 1. The highest BCUT2D eigenvalue weighted by molar-refractivity contribution is 7.92. The van der Waals surface area contributed by atoms with E-state index in [1.165, 1.54) is 0 Å². The maximum atomic E-state index is 12.4. The van der Waals surface area contributed by atoms with E-state index in [1.807, 2.05) is 29.1 Å². The predicted octanol–water partition coefficient (Wildman–Crippen LogP) is 2.65. The number of carbonyl (C=O) groups excluding carboxylic acids is 2. The van der Waals surface area contributed by atoms with E-state index in [1.54, 1.807) is 37.3 Å². The van der Waals surface area contributed by atoms with Gasteiger partial charge in [0.2, 0.25) is 27.7 Å². The van der Waals surface area contributed by atoms with Crippen LogP contribution in [0.5, 0.6) is 11.6 Å². The van der Waals surface area contributed by atoms with Gasteiger partial charge >= 0.3 is 0 Å². The average molecular weight is 470 g/mol. The second-order valence-corrected chi connectivity index (χ2v) is 9.38. The van der Waals surface area contributed by atoms with Gasteiger partial charge < -0.3 is 9.30 Å². The summed E-state index contributed by atoms with van der Waals surface area (Å²) in [6.07, 6.45) is 4.77. The van der Waals surface area contributed by atoms with E-state index in [0.29, 0.717) is 35.4 Å². The van der Waals surface area contributed by atoms with Crippen LogP contribution in [-0.4, -0.2) is 52.0 Å². The lowest BCUT2D eigenvalue weighted by atomic mass is 10.1. The van der Waals surface area contributed by atoms with Crippen molar-refractivity contribution in [2.75, 3.05) is 17.0 Å². The first-order chi connectivity index (χ1) is 15.8. The van der Waals surface area contributed by atoms with Gasteiger partial charge in [-0.05, 0) is 49.7 Å². The number of piperidine rings is 1. The fourth-order valence-electron chi connectivity index (χ4n) is 3.40. The normalized spacial score (nSPS) is 14.4. The molecule has 1 N–H and O–H groups in total. The standard InChI is InChI=1S/C22H23N5O5S/c1-16-23-19(26-11-2-3-12-26)15-20(24-16)32-18-9-7-17(8-10-18)25-33(30,31)14-13-27-21(28)5-4-6-22(27)29/h2-3,7-12,15,25H,4-6,13-14H2,1H3. The number of hydrogen-bond acceptors (Lipinski definition) is 7. The van der Waals surface area contributed by atoms with E-state index in [0.717, 1.165) is 4.90 Å². The molecule has 0 radical (unpaired) electrons. The van der Waals surface area contributed by atoms with E-state index in [-0.39, 0.29) is 37.0 Å². The summed E-state index contributed by atoms with van der Waals surface area (Å²) in [6.45, 7) is 1.60. The Morgan fingerprint density at radius 3 is 2.36 bits per heavy atom. The minimum atomic E-state index is -3.75. The topological polar surface area (TPSA) is 123 Å². The molecule has 0 atom stereocenters. The molecule has 33 heavy (non-hydrogen) atoms. The fourth-order valence-corrected chi connectivity index (χ4v) is 4.42. The minimum absolute atomic E-state index is 0.162. The number of ether oxygens (including phenoxy) is 1. The van der Waals surface area contributed by atoms with Crippen LogP contribution in [0.2, 0.25) is 0 Å². The van der Waals surface area contributed by atoms with Crippen molar-refractivity contribution in [1.29, 1.82) is 0 Å². The van der Waals surface area contributed by atoms with Crippen LogP contribution in [0.4, 0.5) is 5.69 Å². The van der Waals surface area contributed by atoms with Gasteiger partial charge in [0.25, 0.3) is 0 Å². The number of aromatic nitrogens is 3. The molecule has 2 aromatic heterocycles. The number of rotatable bonds is 8. The molecule has 4 rings (SSSR count). The Bertz CT molecular complexity index is 1240.